The Hall–Kier alpha value is -3.02. The number of ether oxygens (including phenoxy) is 2. The number of amides is 1. The number of hydrogen-bond donors (Lipinski definition) is 2. The number of hydrogen-bond acceptors (Lipinski definition) is 4. The second kappa shape index (κ2) is 8.89. The molecule has 1 amide bonds. The van der Waals surface area contributed by atoms with Crippen LogP contribution >= 0.6 is 0 Å². The number of aliphatic carboxylic acids is 1. The summed E-state index contributed by atoms with van der Waals surface area (Å²) in [5.41, 5.74) is 2.57. The maximum atomic E-state index is 12.4. The van der Waals surface area contributed by atoms with Gasteiger partial charge in [0.2, 0.25) is 5.91 Å². The molecule has 26 heavy (non-hydrogen) atoms. The Balaban J connectivity index is 2.20. The lowest BCUT2D eigenvalue weighted by Crippen LogP contribution is -2.31. The quantitative estimate of drug-likeness (QED) is 0.759. The molecule has 138 valence electrons. The van der Waals surface area contributed by atoms with Gasteiger partial charge in [-0.1, -0.05) is 30.3 Å². The molecule has 0 spiro atoms. The predicted octanol–water partition coefficient (Wildman–Crippen LogP) is 2.89. The van der Waals surface area contributed by atoms with E-state index in [-0.39, 0.29) is 18.7 Å². The van der Waals surface area contributed by atoms with Gasteiger partial charge in [0.1, 0.15) is 0 Å². The first-order chi connectivity index (χ1) is 12.4. The van der Waals surface area contributed by atoms with Gasteiger partial charge in [-0.05, 0) is 35.7 Å². The highest BCUT2D eigenvalue weighted by Gasteiger charge is 2.20. The van der Waals surface area contributed by atoms with E-state index in [1.807, 2.05) is 31.2 Å². The summed E-state index contributed by atoms with van der Waals surface area (Å²) in [6.45, 7) is 1.94. The lowest BCUT2D eigenvalue weighted by atomic mass is 10.0. The fraction of sp³-hybridized carbons (Fsp3) is 0.300. The van der Waals surface area contributed by atoms with E-state index in [0.717, 1.165) is 11.1 Å². The second-order valence-electron chi connectivity index (χ2n) is 5.94. The first kappa shape index (κ1) is 19.3. The number of nitrogens with one attached hydrogen (secondary N) is 1. The molecule has 2 N–H and O–H groups in total. The Morgan fingerprint density at radius 2 is 1.77 bits per heavy atom. The minimum atomic E-state index is -0.999. The summed E-state index contributed by atoms with van der Waals surface area (Å²) in [5, 5.41) is 12.0. The summed E-state index contributed by atoms with van der Waals surface area (Å²) in [4.78, 5) is 23.7. The number of methoxy groups -OCH3 is 2. The standard InChI is InChI=1S/C20H23NO5/c1-13-6-4-5-7-14(13)11-19(22)21-16(12-20(23)24)15-8-9-17(25-2)18(10-15)26-3/h4-10,16H,11-12H2,1-3H3,(H,21,22)(H,23,24). The van der Waals surface area contributed by atoms with Crippen LogP contribution in [0.1, 0.15) is 29.2 Å². The molecule has 1 unspecified atom stereocenters. The summed E-state index contributed by atoms with van der Waals surface area (Å²) in [6.07, 6.45) is -0.0366. The summed E-state index contributed by atoms with van der Waals surface area (Å²) in [6, 6.07) is 12.0. The van der Waals surface area contributed by atoms with E-state index >= 15 is 0 Å². The normalized spacial score (nSPS) is 11.5. The van der Waals surface area contributed by atoms with Crippen molar-refractivity contribution >= 4 is 11.9 Å². The molecule has 0 fully saturated rings. The maximum Gasteiger partial charge on any atom is 0.305 e. The predicted molar refractivity (Wildman–Crippen MR) is 97.6 cm³/mol. The van der Waals surface area contributed by atoms with Crippen molar-refractivity contribution in [1.82, 2.24) is 5.32 Å². The van der Waals surface area contributed by atoms with Gasteiger partial charge in [0.15, 0.2) is 11.5 Å². The van der Waals surface area contributed by atoms with Crippen molar-refractivity contribution in [2.75, 3.05) is 14.2 Å². The zero-order chi connectivity index (χ0) is 19.1. The smallest absolute Gasteiger partial charge is 0.305 e. The number of carboxylic acids is 1. The van der Waals surface area contributed by atoms with E-state index in [4.69, 9.17) is 9.47 Å². The number of benzene rings is 2. The Bertz CT molecular complexity index is 788. The van der Waals surface area contributed by atoms with E-state index in [1.165, 1.54) is 14.2 Å². The number of aryl methyl sites for hydroxylation is 1. The van der Waals surface area contributed by atoms with Crippen LogP contribution in [0.5, 0.6) is 11.5 Å². The van der Waals surface area contributed by atoms with Crippen LogP contribution in [0.25, 0.3) is 0 Å². The molecule has 0 saturated carbocycles. The molecular weight excluding hydrogens is 334 g/mol. The highest BCUT2D eigenvalue weighted by atomic mass is 16.5. The monoisotopic (exact) mass is 357 g/mol. The van der Waals surface area contributed by atoms with Crippen molar-refractivity contribution in [3.63, 3.8) is 0 Å². The summed E-state index contributed by atoms with van der Waals surface area (Å²) in [7, 11) is 3.03. The molecule has 0 aromatic heterocycles. The first-order valence-corrected chi connectivity index (χ1v) is 8.22. The average Bonchev–Trinajstić information content (AvgIpc) is 2.62. The zero-order valence-corrected chi connectivity index (χ0v) is 15.1. The van der Waals surface area contributed by atoms with E-state index in [0.29, 0.717) is 17.1 Å². The summed E-state index contributed by atoms with van der Waals surface area (Å²) < 4.78 is 10.5. The number of carbonyl (C=O) groups is 2. The molecule has 1 atom stereocenters. The van der Waals surface area contributed by atoms with Crippen molar-refractivity contribution in [2.45, 2.75) is 25.8 Å². The lowest BCUT2D eigenvalue weighted by Gasteiger charge is -2.19. The van der Waals surface area contributed by atoms with Crippen LogP contribution in [-0.4, -0.2) is 31.2 Å². The van der Waals surface area contributed by atoms with Gasteiger partial charge < -0.3 is 19.9 Å². The van der Waals surface area contributed by atoms with Gasteiger partial charge >= 0.3 is 5.97 Å². The van der Waals surface area contributed by atoms with Gasteiger partial charge in [-0.25, -0.2) is 0 Å². The number of carboxylic acid groups (broad SMARTS) is 1. The number of rotatable bonds is 8. The fourth-order valence-corrected chi connectivity index (χ4v) is 2.72. The molecule has 0 aliphatic rings. The third kappa shape index (κ3) is 4.99. The average molecular weight is 357 g/mol. The van der Waals surface area contributed by atoms with Crippen molar-refractivity contribution in [2.24, 2.45) is 0 Å². The molecule has 0 saturated heterocycles. The summed E-state index contributed by atoms with van der Waals surface area (Å²) in [5.74, 6) is -0.216. The van der Waals surface area contributed by atoms with Crippen LogP contribution in [0.3, 0.4) is 0 Å². The van der Waals surface area contributed by atoms with Crippen LogP contribution in [-0.2, 0) is 16.0 Å². The van der Waals surface area contributed by atoms with Crippen LogP contribution in [0.15, 0.2) is 42.5 Å². The molecule has 0 radical (unpaired) electrons. The summed E-state index contributed by atoms with van der Waals surface area (Å²) >= 11 is 0. The Kier molecular flexibility index (Phi) is 6.60. The molecule has 6 heteroatoms. The SMILES string of the molecule is COc1ccc(C(CC(=O)O)NC(=O)Cc2ccccc2C)cc1OC. The van der Waals surface area contributed by atoms with Crippen molar-refractivity contribution in [3.05, 3.63) is 59.2 Å². The van der Waals surface area contributed by atoms with Gasteiger partial charge in [0.05, 0.1) is 33.1 Å². The molecule has 0 aliphatic heterocycles. The Morgan fingerprint density at radius 3 is 2.38 bits per heavy atom. The van der Waals surface area contributed by atoms with Crippen molar-refractivity contribution in [3.8, 4) is 11.5 Å². The van der Waals surface area contributed by atoms with Crippen LogP contribution in [0.2, 0.25) is 0 Å². The molecule has 2 aromatic rings. The van der Waals surface area contributed by atoms with E-state index < -0.39 is 12.0 Å². The molecule has 2 aromatic carbocycles. The van der Waals surface area contributed by atoms with E-state index in [1.54, 1.807) is 18.2 Å². The molecule has 0 heterocycles. The number of carbonyl (C=O) groups excluding carboxylic acids is 1. The minimum absolute atomic E-state index is 0.191. The highest BCUT2D eigenvalue weighted by molar-refractivity contribution is 5.80. The van der Waals surface area contributed by atoms with Gasteiger partial charge in [-0.2, -0.15) is 0 Å². The van der Waals surface area contributed by atoms with Gasteiger partial charge in [-0.3, -0.25) is 9.59 Å². The third-order valence-corrected chi connectivity index (χ3v) is 4.14. The third-order valence-electron chi connectivity index (χ3n) is 4.14. The van der Waals surface area contributed by atoms with Gasteiger partial charge in [0, 0.05) is 0 Å². The molecule has 2 rings (SSSR count). The van der Waals surface area contributed by atoms with Crippen molar-refractivity contribution in [1.29, 1.82) is 0 Å². The largest absolute Gasteiger partial charge is 0.493 e. The van der Waals surface area contributed by atoms with Crippen molar-refractivity contribution < 1.29 is 24.2 Å². The van der Waals surface area contributed by atoms with Crippen LogP contribution in [0, 0.1) is 6.92 Å². The van der Waals surface area contributed by atoms with Gasteiger partial charge in [0.25, 0.3) is 0 Å². The lowest BCUT2D eigenvalue weighted by molar-refractivity contribution is -0.137. The molecule has 0 aliphatic carbocycles. The Labute approximate surface area is 152 Å². The first-order valence-electron chi connectivity index (χ1n) is 8.22. The molecule has 6 nitrogen and oxygen atoms in total. The molecule has 0 bridgehead atoms. The van der Waals surface area contributed by atoms with Gasteiger partial charge in [-0.15, -0.1) is 0 Å². The highest BCUT2D eigenvalue weighted by Crippen LogP contribution is 2.31. The van der Waals surface area contributed by atoms with Crippen LogP contribution in [0.4, 0.5) is 0 Å². The second-order valence-corrected chi connectivity index (χ2v) is 5.94. The minimum Gasteiger partial charge on any atom is -0.493 e. The topological polar surface area (TPSA) is 84.9 Å². The van der Waals surface area contributed by atoms with E-state index in [9.17, 15) is 14.7 Å². The van der Waals surface area contributed by atoms with E-state index in [2.05, 4.69) is 5.32 Å². The van der Waals surface area contributed by atoms with Crippen LogP contribution < -0.4 is 14.8 Å². The molecular formula is C20H23NO5. The Morgan fingerprint density at radius 1 is 1.08 bits per heavy atom. The zero-order valence-electron chi connectivity index (χ0n) is 15.1. The maximum absolute atomic E-state index is 12.4. The fourth-order valence-electron chi connectivity index (χ4n) is 2.72.